The third-order valence-electron chi connectivity index (χ3n) is 2.79. The van der Waals surface area contributed by atoms with Gasteiger partial charge in [0.1, 0.15) is 5.75 Å². The summed E-state index contributed by atoms with van der Waals surface area (Å²) < 4.78 is 53.5. The Hall–Kier alpha value is -2.62. The van der Waals surface area contributed by atoms with E-state index >= 15 is 0 Å². The van der Waals surface area contributed by atoms with Crippen molar-refractivity contribution in [3.63, 3.8) is 0 Å². The van der Waals surface area contributed by atoms with Gasteiger partial charge in [0.2, 0.25) is 5.82 Å². The van der Waals surface area contributed by atoms with Gasteiger partial charge in [-0.3, -0.25) is 0 Å². The van der Waals surface area contributed by atoms with Gasteiger partial charge in [-0.1, -0.05) is 12.8 Å². The Labute approximate surface area is 130 Å². The van der Waals surface area contributed by atoms with Crippen LogP contribution in [0.2, 0.25) is 0 Å². The predicted octanol–water partition coefficient (Wildman–Crippen LogP) is 3.68. The Morgan fingerprint density at radius 2 is 1.70 bits per heavy atom. The molecule has 0 bridgehead atoms. The van der Waals surface area contributed by atoms with Crippen LogP contribution >= 0.6 is 0 Å². The maximum absolute atomic E-state index is 12.7. The maximum atomic E-state index is 12.7. The molecule has 23 heavy (non-hydrogen) atoms. The number of benzene rings is 1. The van der Waals surface area contributed by atoms with Crippen LogP contribution < -0.4 is 4.74 Å². The molecule has 0 spiro atoms. The van der Waals surface area contributed by atoms with E-state index in [1.165, 1.54) is 12.1 Å². The molecule has 0 aliphatic rings. The van der Waals surface area contributed by atoms with Crippen molar-refractivity contribution in [2.45, 2.75) is 25.9 Å². The summed E-state index contributed by atoms with van der Waals surface area (Å²) in [6.07, 6.45) is -4.27. The standard InChI is InChI=1S/C16H12F4N2O/c1-2-11-9-21-14(22-10-11)8-5-12-3-6-13(7-4-12)23-16(19,20)15(17)18/h3-4,6-7,9-10,15H,2H2,1H3. The molecule has 1 aromatic carbocycles. The summed E-state index contributed by atoms with van der Waals surface area (Å²) in [5, 5.41) is 0. The van der Waals surface area contributed by atoms with Gasteiger partial charge in [-0.15, -0.1) is 0 Å². The first kappa shape index (κ1) is 16.7. The van der Waals surface area contributed by atoms with Crippen LogP contribution in [-0.2, 0) is 6.42 Å². The number of aromatic nitrogens is 2. The van der Waals surface area contributed by atoms with E-state index in [4.69, 9.17) is 0 Å². The van der Waals surface area contributed by atoms with E-state index in [2.05, 4.69) is 26.5 Å². The summed E-state index contributed by atoms with van der Waals surface area (Å²) >= 11 is 0. The van der Waals surface area contributed by atoms with E-state index in [1.807, 2.05) is 6.92 Å². The molecule has 120 valence electrons. The number of aryl methyl sites for hydroxylation is 1. The van der Waals surface area contributed by atoms with Gasteiger partial charge < -0.3 is 4.74 Å². The molecule has 1 heterocycles. The highest BCUT2D eigenvalue weighted by atomic mass is 19.3. The molecule has 0 aliphatic heterocycles. The van der Waals surface area contributed by atoms with Gasteiger partial charge in [-0.05, 0) is 42.2 Å². The SMILES string of the molecule is CCc1cnc(C#Cc2ccc(OC(F)(F)C(F)F)cc2)nc1. The average molecular weight is 324 g/mol. The zero-order valence-corrected chi connectivity index (χ0v) is 12.1. The number of alkyl halides is 4. The highest BCUT2D eigenvalue weighted by Gasteiger charge is 2.43. The van der Waals surface area contributed by atoms with Crippen molar-refractivity contribution in [1.29, 1.82) is 0 Å². The Morgan fingerprint density at radius 3 is 2.22 bits per heavy atom. The van der Waals surface area contributed by atoms with Crippen molar-refractivity contribution in [2.75, 3.05) is 0 Å². The molecule has 0 saturated carbocycles. The predicted molar refractivity (Wildman–Crippen MR) is 75.4 cm³/mol. The Kier molecular flexibility index (Phi) is 5.16. The number of hydrogen-bond donors (Lipinski definition) is 0. The van der Waals surface area contributed by atoms with Crippen molar-refractivity contribution in [1.82, 2.24) is 9.97 Å². The molecule has 0 atom stereocenters. The molecule has 2 rings (SSSR count). The molecule has 0 aliphatic carbocycles. The Bertz CT molecular complexity index is 704. The van der Waals surface area contributed by atoms with Gasteiger partial charge in [0, 0.05) is 18.0 Å². The summed E-state index contributed by atoms with van der Waals surface area (Å²) in [7, 11) is 0. The van der Waals surface area contributed by atoms with Crippen LogP contribution in [0, 0.1) is 11.8 Å². The van der Waals surface area contributed by atoms with Crippen molar-refractivity contribution < 1.29 is 22.3 Å². The zero-order chi connectivity index (χ0) is 16.9. The van der Waals surface area contributed by atoms with Gasteiger partial charge in [0.15, 0.2) is 0 Å². The fourth-order valence-corrected chi connectivity index (χ4v) is 1.54. The molecule has 0 unspecified atom stereocenters. The first-order chi connectivity index (χ1) is 10.9. The lowest BCUT2D eigenvalue weighted by molar-refractivity contribution is -0.253. The first-order valence-electron chi connectivity index (χ1n) is 6.68. The molecular weight excluding hydrogens is 312 g/mol. The van der Waals surface area contributed by atoms with E-state index in [9.17, 15) is 17.6 Å². The van der Waals surface area contributed by atoms with Crippen LogP contribution in [0.4, 0.5) is 17.6 Å². The number of ether oxygens (including phenoxy) is 1. The fraction of sp³-hybridized carbons (Fsp3) is 0.250. The van der Waals surface area contributed by atoms with E-state index in [0.29, 0.717) is 11.4 Å². The molecule has 0 radical (unpaired) electrons. The van der Waals surface area contributed by atoms with Crippen LogP contribution in [0.1, 0.15) is 23.9 Å². The molecule has 7 heteroatoms. The second-order valence-corrected chi connectivity index (χ2v) is 4.51. The smallest absolute Gasteiger partial charge is 0.428 e. The molecule has 2 aromatic rings. The van der Waals surface area contributed by atoms with Crippen LogP contribution in [-0.4, -0.2) is 22.5 Å². The molecule has 0 saturated heterocycles. The average Bonchev–Trinajstić information content (AvgIpc) is 2.54. The van der Waals surface area contributed by atoms with E-state index in [0.717, 1.165) is 24.1 Å². The van der Waals surface area contributed by atoms with Gasteiger partial charge >= 0.3 is 12.5 Å². The number of halogens is 4. The monoisotopic (exact) mass is 324 g/mol. The summed E-state index contributed by atoms with van der Waals surface area (Å²) in [5.74, 6) is 5.42. The highest BCUT2D eigenvalue weighted by Crippen LogP contribution is 2.27. The van der Waals surface area contributed by atoms with E-state index in [-0.39, 0.29) is 5.75 Å². The number of rotatable bonds is 4. The largest absolute Gasteiger partial charge is 0.461 e. The lowest BCUT2D eigenvalue weighted by atomic mass is 10.2. The third kappa shape index (κ3) is 4.68. The first-order valence-corrected chi connectivity index (χ1v) is 6.68. The van der Waals surface area contributed by atoms with Crippen molar-refractivity contribution in [2.24, 2.45) is 0 Å². The van der Waals surface area contributed by atoms with Gasteiger partial charge in [0.05, 0.1) is 0 Å². The summed E-state index contributed by atoms with van der Waals surface area (Å²) in [4.78, 5) is 8.12. The maximum Gasteiger partial charge on any atom is 0.461 e. The van der Waals surface area contributed by atoms with Gasteiger partial charge in [-0.25, -0.2) is 9.97 Å². The molecule has 0 N–H and O–H groups in total. The second kappa shape index (κ2) is 7.09. The van der Waals surface area contributed by atoms with Crippen LogP contribution in [0.15, 0.2) is 36.7 Å². The van der Waals surface area contributed by atoms with Crippen molar-refractivity contribution in [3.8, 4) is 17.6 Å². The highest BCUT2D eigenvalue weighted by molar-refractivity contribution is 5.41. The molecule has 0 fully saturated rings. The van der Waals surface area contributed by atoms with Crippen LogP contribution in [0.3, 0.4) is 0 Å². The van der Waals surface area contributed by atoms with E-state index in [1.54, 1.807) is 12.4 Å². The fourth-order valence-electron chi connectivity index (χ4n) is 1.54. The lowest BCUT2D eigenvalue weighted by Gasteiger charge is -2.16. The quantitative estimate of drug-likeness (QED) is 0.636. The minimum Gasteiger partial charge on any atom is -0.428 e. The number of nitrogens with zero attached hydrogens (tertiary/aromatic N) is 2. The van der Waals surface area contributed by atoms with Crippen LogP contribution in [0.25, 0.3) is 0 Å². The van der Waals surface area contributed by atoms with Gasteiger partial charge in [0.25, 0.3) is 0 Å². The van der Waals surface area contributed by atoms with Gasteiger partial charge in [-0.2, -0.15) is 17.6 Å². The summed E-state index contributed by atoms with van der Waals surface area (Å²) in [5.41, 5.74) is 1.47. The minimum absolute atomic E-state index is 0.326. The Morgan fingerprint density at radius 1 is 1.09 bits per heavy atom. The molecular formula is C16H12F4N2O. The topological polar surface area (TPSA) is 35.0 Å². The third-order valence-corrected chi connectivity index (χ3v) is 2.79. The van der Waals surface area contributed by atoms with E-state index < -0.39 is 12.5 Å². The van der Waals surface area contributed by atoms with Crippen molar-refractivity contribution in [3.05, 3.63) is 53.6 Å². The normalized spacial score (nSPS) is 11.0. The number of hydrogen-bond acceptors (Lipinski definition) is 3. The summed E-state index contributed by atoms with van der Waals surface area (Å²) in [6.45, 7) is 1.98. The molecule has 3 nitrogen and oxygen atoms in total. The second-order valence-electron chi connectivity index (χ2n) is 4.51. The zero-order valence-electron chi connectivity index (χ0n) is 12.1. The molecule has 0 amide bonds. The minimum atomic E-state index is -4.53. The summed E-state index contributed by atoms with van der Waals surface area (Å²) in [6, 6.07) is 5.04. The van der Waals surface area contributed by atoms with Crippen LogP contribution in [0.5, 0.6) is 5.75 Å². The lowest BCUT2D eigenvalue weighted by Crippen LogP contribution is -2.33. The van der Waals surface area contributed by atoms with Crippen molar-refractivity contribution >= 4 is 0 Å². The Balaban J connectivity index is 2.07. The molecule has 1 aromatic heterocycles.